The number of fused-ring (bicyclic) bond motifs is 1. The lowest BCUT2D eigenvalue weighted by molar-refractivity contribution is 0.122. The summed E-state index contributed by atoms with van der Waals surface area (Å²) in [5.74, 6) is 1.40. The minimum Gasteiger partial charge on any atom is -0.473 e. The van der Waals surface area contributed by atoms with Crippen molar-refractivity contribution < 1.29 is 9.47 Å². The Labute approximate surface area is 178 Å². The van der Waals surface area contributed by atoms with Crippen LogP contribution in [0.2, 0.25) is 0 Å². The molecule has 0 bridgehead atoms. The third-order valence-corrected chi connectivity index (χ3v) is 4.98. The van der Waals surface area contributed by atoms with Crippen molar-refractivity contribution in [2.24, 2.45) is 0 Å². The minimum atomic E-state index is 0.178. The van der Waals surface area contributed by atoms with E-state index >= 15 is 0 Å². The van der Waals surface area contributed by atoms with Crippen LogP contribution in [0.15, 0.2) is 54.9 Å². The van der Waals surface area contributed by atoms with E-state index in [2.05, 4.69) is 24.8 Å². The maximum atomic E-state index is 5.90. The summed E-state index contributed by atoms with van der Waals surface area (Å²) in [4.78, 5) is 24.4. The van der Waals surface area contributed by atoms with Gasteiger partial charge in [-0.25, -0.2) is 15.0 Å². The van der Waals surface area contributed by atoms with Gasteiger partial charge in [-0.15, -0.1) is 0 Å². The third-order valence-electron chi connectivity index (χ3n) is 4.98. The van der Waals surface area contributed by atoms with E-state index in [9.17, 15) is 0 Å². The highest BCUT2D eigenvalue weighted by molar-refractivity contribution is 5.85. The van der Waals surface area contributed by atoms with Gasteiger partial charge in [0.25, 0.3) is 0 Å². The monoisotopic (exact) mass is 415 g/mol. The van der Waals surface area contributed by atoms with Crippen LogP contribution in [0.25, 0.3) is 22.4 Å². The standard InChI is InChI=1S/C22H21N7O2/c23-22-27-20-19(21(28-22)29-8-10-30-11-9-29)26-17(13-25-20)16-6-7-18(24-12-16)31-14-15-4-2-1-3-5-15/h1-7,12-13H,8-11,14H2,(H2,23,25,27,28). The summed E-state index contributed by atoms with van der Waals surface area (Å²) in [7, 11) is 0. The lowest BCUT2D eigenvalue weighted by Crippen LogP contribution is -2.37. The molecule has 0 atom stereocenters. The first-order chi connectivity index (χ1) is 15.3. The second kappa shape index (κ2) is 8.49. The smallest absolute Gasteiger partial charge is 0.224 e. The molecule has 5 rings (SSSR count). The average molecular weight is 415 g/mol. The van der Waals surface area contributed by atoms with Gasteiger partial charge in [-0.2, -0.15) is 9.97 Å². The number of aromatic nitrogens is 5. The Morgan fingerprint density at radius 1 is 0.935 bits per heavy atom. The molecule has 9 heteroatoms. The van der Waals surface area contributed by atoms with Crippen LogP contribution in [0.3, 0.4) is 0 Å². The number of morpholine rings is 1. The van der Waals surface area contributed by atoms with Gasteiger partial charge in [-0.3, -0.25) is 0 Å². The topological polar surface area (TPSA) is 112 Å². The number of pyridine rings is 1. The molecule has 0 amide bonds. The third kappa shape index (κ3) is 4.22. The van der Waals surface area contributed by atoms with Crippen LogP contribution in [0.4, 0.5) is 11.8 Å². The van der Waals surface area contributed by atoms with Crippen LogP contribution in [0.1, 0.15) is 5.56 Å². The number of hydrogen-bond acceptors (Lipinski definition) is 9. The Morgan fingerprint density at radius 2 is 1.77 bits per heavy atom. The molecule has 9 nitrogen and oxygen atoms in total. The van der Waals surface area contributed by atoms with Crippen molar-refractivity contribution in [3.63, 3.8) is 0 Å². The van der Waals surface area contributed by atoms with Gasteiger partial charge in [0.2, 0.25) is 11.8 Å². The van der Waals surface area contributed by atoms with Crippen molar-refractivity contribution in [1.82, 2.24) is 24.9 Å². The fourth-order valence-electron chi connectivity index (χ4n) is 3.39. The van der Waals surface area contributed by atoms with Crippen LogP contribution >= 0.6 is 0 Å². The summed E-state index contributed by atoms with van der Waals surface area (Å²) in [5.41, 5.74) is 9.56. The molecule has 1 fully saturated rings. The van der Waals surface area contributed by atoms with Crippen molar-refractivity contribution in [1.29, 1.82) is 0 Å². The first kappa shape index (κ1) is 19.1. The zero-order chi connectivity index (χ0) is 21.0. The van der Waals surface area contributed by atoms with Crippen LogP contribution in [-0.2, 0) is 11.3 Å². The first-order valence-corrected chi connectivity index (χ1v) is 10.0. The molecule has 0 radical (unpaired) electrons. The molecule has 2 N–H and O–H groups in total. The normalized spacial score (nSPS) is 14.0. The maximum absolute atomic E-state index is 5.90. The molecule has 31 heavy (non-hydrogen) atoms. The Morgan fingerprint density at radius 3 is 2.55 bits per heavy atom. The number of nitrogens with two attached hydrogens (primary N) is 1. The van der Waals surface area contributed by atoms with Gasteiger partial charge >= 0.3 is 0 Å². The van der Waals surface area contributed by atoms with Crippen LogP contribution < -0.4 is 15.4 Å². The van der Waals surface area contributed by atoms with E-state index in [0.717, 1.165) is 11.1 Å². The second-order valence-electron chi connectivity index (χ2n) is 7.09. The Balaban J connectivity index is 1.41. The number of nitrogen functional groups attached to an aromatic ring is 1. The van der Waals surface area contributed by atoms with Crippen molar-refractivity contribution in [3.05, 3.63) is 60.4 Å². The number of rotatable bonds is 5. The average Bonchev–Trinajstić information content (AvgIpc) is 2.83. The first-order valence-electron chi connectivity index (χ1n) is 10.0. The molecule has 1 aliphatic rings. The molecule has 4 heterocycles. The van der Waals surface area contributed by atoms with Gasteiger partial charge in [0, 0.05) is 30.9 Å². The van der Waals surface area contributed by atoms with Gasteiger partial charge in [0.05, 0.1) is 25.1 Å². The summed E-state index contributed by atoms with van der Waals surface area (Å²) in [5, 5.41) is 0. The molecule has 1 aromatic carbocycles. The van der Waals surface area contributed by atoms with Crippen LogP contribution in [-0.4, -0.2) is 51.2 Å². The van der Waals surface area contributed by atoms with Crippen LogP contribution in [0.5, 0.6) is 5.88 Å². The van der Waals surface area contributed by atoms with Crippen LogP contribution in [0, 0.1) is 0 Å². The number of anilines is 2. The maximum Gasteiger partial charge on any atom is 0.224 e. The van der Waals surface area contributed by atoms with Crippen molar-refractivity contribution >= 4 is 22.9 Å². The predicted molar refractivity (Wildman–Crippen MR) is 117 cm³/mol. The molecule has 0 unspecified atom stereocenters. The molecule has 0 saturated carbocycles. The van der Waals surface area contributed by atoms with Gasteiger partial charge in [0.15, 0.2) is 17.0 Å². The highest BCUT2D eigenvalue weighted by Gasteiger charge is 2.19. The zero-order valence-corrected chi connectivity index (χ0v) is 16.8. The van der Waals surface area contributed by atoms with Gasteiger partial charge < -0.3 is 20.1 Å². The van der Waals surface area contributed by atoms with Gasteiger partial charge in [-0.05, 0) is 11.6 Å². The summed E-state index contributed by atoms with van der Waals surface area (Å²) in [6.45, 7) is 3.16. The minimum absolute atomic E-state index is 0.178. The Kier molecular flexibility index (Phi) is 5.24. The molecular formula is C22H21N7O2. The number of ether oxygens (including phenoxy) is 2. The Bertz CT molecular complexity index is 1180. The quantitative estimate of drug-likeness (QED) is 0.525. The molecular weight excluding hydrogens is 394 g/mol. The molecule has 0 aliphatic carbocycles. The van der Waals surface area contributed by atoms with Crippen molar-refractivity contribution in [3.8, 4) is 17.1 Å². The Hall–Kier alpha value is -3.85. The van der Waals surface area contributed by atoms with Gasteiger partial charge in [0.1, 0.15) is 6.61 Å². The van der Waals surface area contributed by atoms with E-state index in [4.69, 9.17) is 20.2 Å². The molecule has 1 saturated heterocycles. The summed E-state index contributed by atoms with van der Waals surface area (Å²) >= 11 is 0. The number of benzene rings is 1. The predicted octanol–water partition coefficient (Wildman–Crippen LogP) is 2.48. The van der Waals surface area contributed by atoms with Crippen molar-refractivity contribution in [2.45, 2.75) is 6.61 Å². The number of hydrogen-bond donors (Lipinski definition) is 1. The number of nitrogens with zero attached hydrogens (tertiary/aromatic N) is 6. The molecule has 0 spiro atoms. The van der Waals surface area contributed by atoms with E-state index in [0.29, 0.717) is 61.5 Å². The second-order valence-corrected chi connectivity index (χ2v) is 7.09. The highest BCUT2D eigenvalue weighted by Crippen LogP contribution is 2.26. The zero-order valence-electron chi connectivity index (χ0n) is 16.8. The van der Waals surface area contributed by atoms with E-state index in [1.807, 2.05) is 42.5 Å². The van der Waals surface area contributed by atoms with E-state index < -0.39 is 0 Å². The largest absolute Gasteiger partial charge is 0.473 e. The lowest BCUT2D eigenvalue weighted by Gasteiger charge is -2.28. The van der Waals surface area contributed by atoms with Gasteiger partial charge in [-0.1, -0.05) is 30.3 Å². The fourth-order valence-corrected chi connectivity index (χ4v) is 3.39. The van der Waals surface area contributed by atoms with Crippen molar-refractivity contribution in [2.75, 3.05) is 36.9 Å². The molecule has 1 aliphatic heterocycles. The summed E-state index contributed by atoms with van der Waals surface area (Å²) in [6, 6.07) is 13.7. The van der Waals surface area contributed by atoms with E-state index in [1.165, 1.54) is 0 Å². The lowest BCUT2D eigenvalue weighted by atomic mass is 10.2. The van der Waals surface area contributed by atoms with E-state index in [1.54, 1.807) is 12.4 Å². The summed E-state index contributed by atoms with van der Waals surface area (Å²) < 4.78 is 11.2. The summed E-state index contributed by atoms with van der Waals surface area (Å²) in [6.07, 6.45) is 3.39. The molecule has 4 aromatic rings. The fraction of sp³-hybridized carbons (Fsp3) is 0.227. The SMILES string of the molecule is Nc1nc(N2CCOCC2)c2nc(-c3ccc(OCc4ccccc4)nc3)cnc2n1. The molecule has 156 valence electrons. The van der Waals surface area contributed by atoms with E-state index in [-0.39, 0.29) is 5.95 Å². The highest BCUT2D eigenvalue weighted by atomic mass is 16.5. The molecule has 3 aromatic heterocycles.